The third-order valence-corrected chi connectivity index (χ3v) is 4.36. The van der Waals surface area contributed by atoms with E-state index in [-0.39, 0.29) is 19.3 Å². The Morgan fingerprint density at radius 3 is 2.43 bits per heavy atom. The minimum absolute atomic E-state index is 0.144. The van der Waals surface area contributed by atoms with Crippen molar-refractivity contribution < 1.29 is 33.0 Å². The fourth-order valence-electron chi connectivity index (χ4n) is 2.81. The van der Waals surface area contributed by atoms with Crippen LogP contribution < -0.4 is 5.32 Å². The van der Waals surface area contributed by atoms with Crippen LogP contribution in [0.1, 0.15) is 48.7 Å². The number of nitrogens with zero attached hydrogens (tertiary/aromatic N) is 1. The van der Waals surface area contributed by atoms with E-state index in [1.165, 1.54) is 6.92 Å². The van der Waals surface area contributed by atoms with E-state index in [0.29, 0.717) is 12.6 Å². The van der Waals surface area contributed by atoms with Crippen LogP contribution in [0.15, 0.2) is 6.20 Å². The van der Waals surface area contributed by atoms with Crippen molar-refractivity contribution in [3.63, 3.8) is 0 Å². The minimum atomic E-state index is -4.84. The quantitative estimate of drug-likeness (QED) is 0.647. The van der Waals surface area contributed by atoms with Gasteiger partial charge in [0.05, 0.1) is 17.4 Å². The van der Waals surface area contributed by atoms with E-state index < -0.39 is 40.5 Å². The number of rotatable bonds is 5. The van der Waals surface area contributed by atoms with E-state index in [9.17, 15) is 33.0 Å². The summed E-state index contributed by atoms with van der Waals surface area (Å²) >= 11 is 0. The number of aromatic nitrogens is 2. The number of carbonyl (C=O) groups is 2. The number of halogens is 3. The zero-order valence-electron chi connectivity index (χ0n) is 12.2. The molecule has 23 heavy (non-hydrogen) atoms. The molecule has 1 aromatic rings. The molecule has 1 heterocycles. The van der Waals surface area contributed by atoms with Crippen molar-refractivity contribution in [2.75, 3.05) is 0 Å². The van der Waals surface area contributed by atoms with E-state index in [2.05, 4.69) is 10.4 Å². The number of amides is 1. The molecule has 4 N–H and O–H groups in total. The van der Waals surface area contributed by atoms with Gasteiger partial charge >= 0.3 is 12.1 Å². The molecule has 0 saturated heterocycles. The summed E-state index contributed by atoms with van der Waals surface area (Å²) in [5, 5.41) is 26.9. The SMILES string of the molecule is CCC(NC(=O)c1cn[nH]c1C(F)(F)F)(C(=O)O)C1(O)CCC1. The van der Waals surface area contributed by atoms with Gasteiger partial charge in [0.25, 0.3) is 5.91 Å². The molecule has 0 aliphatic heterocycles. The molecule has 1 amide bonds. The fraction of sp³-hybridized carbons (Fsp3) is 0.615. The van der Waals surface area contributed by atoms with Gasteiger partial charge in [0, 0.05) is 0 Å². The third-order valence-electron chi connectivity index (χ3n) is 4.36. The number of hydrogen-bond donors (Lipinski definition) is 4. The molecule has 1 aromatic heterocycles. The number of carbonyl (C=O) groups excluding carboxylic acids is 1. The van der Waals surface area contributed by atoms with E-state index >= 15 is 0 Å². The van der Waals surface area contributed by atoms with Crippen molar-refractivity contribution in [2.24, 2.45) is 0 Å². The molecule has 7 nitrogen and oxygen atoms in total. The van der Waals surface area contributed by atoms with Crippen molar-refractivity contribution in [2.45, 2.75) is 49.9 Å². The normalized spacial score (nSPS) is 19.5. The van der Waals surface area contributed by atoms with Gasteiger partial charge in [0.15, 0.2) is 11.2 Å². The zero-order valence-corrected chi connectivity index (χ0v) is 12.2. The fourth-order valence-corrected chi connectivity index (χ4v) is 2.81. The van der Waals surface area contributed by atoms with Gasteiger partial charge in [-0.15, -0.1) is 0 Å². The van der Waals surface area contributed by atoms with Gasteiger partial charge in [-0.2, -0.15) is 18.3 Å². The van der Waals surface area contributed by atoms with Crippen molar-refractivity contribution in [3.05, 3.63) is 17.5 Å². The molecule has 1 atom stereocenters. The zero-order chi connectivity index (χ0) is 17.5. The predicted molar refractivity (Wildman–Crippen MR) is 70.5 cm³/mol. The Kier molecular flexibility index (Phi) is 4.14. The van der Waals surface area contributed by atoms with Crippen LogP contribution in [0.4, 0.5) is 13.2 Å². The molecule has 128 valence electrons. The van der Waals surface area contributed by atoms with Crippen LogP contribution in [0.2, 0.25) is 0 Å². The topological polar surface area (TPSA) is 115 Å². The molecular weight excluding hydrogens is 319 g/mol. The lowest BCUT2D eigenvalue weighted by Gasteiger charge is -2.49. The molecule has 0 bridgehead atoms. The monoisotopic (exact) mass is 335 g/mol. The van der Waals surface area contributed by atoms with Crippen molar-refractivity contribution >= 4 is 11.9 Å². The summed E-state index contributed by atoms with van der Waals surface area (Å²) in [7, 11) is 0. The smallest absolute Gasteiger partial charge is 0.433 e. The summed E-state index contributed by atoms with van der Waals surface area (Å²) < 4.78 is 38.4. The molecule has 0 aromatic carbocycles. The molecule has 1 fully saturated rings. The number of carboxylic acid groups (broad SMARTS) is 1. The Labute approximate surface area is 128 Å². The van der Waals surface area contributed by atoms with E-state index in [0.717, 1.165) is 0 Å². The van der Waals surface area contributed by atoms with Gasteiger partial charge < -0.3 is 15.5 Å². The number of nitrogens with one attached hydrogen (secondary N) is 2. The Morgan fingerprint density at radius 1 is 1.43 bits per heavy atom. The first-order valence-electron chi connectivity index (χ1n) is 6.96. The Hall–Kier alpha value is -2.10. The molecule has 1 unspecified atom stereocenters. The van der Waals surface area contributed by atoms with E-state index in [4.69, 9.17) is 0 Å². The first-order valence-corrected chi connectivity index (χ1v) is 6.96. The maximum Gasteiger partial charge on any atom is 0.433 e. The standard InChI is InChI=1S/C13H16F3N3O4/c1-2-12(10(21)22,11(23)4-3-5-11)18-9(20)7-6-17-19-8(7)13(14,15)16/h6,23H,2-5H2,1H3,(H,17,19)(H,18,20)(H,21,22). The van der Waals surface area contributed by atoms with Crippen LogP contribution >= 0.6 is 0 Å². The second kappa shape index (κ2) is 5.52. The number of aliphatic hydroxyl groups is 1. The second-order valence-electron chi connectivity index (χ2n) is 5.56. The van der Waals surface area contributed by atoms with Crippen molar-refractivity contribution in [1.29, 1.82) is 0 Å². The lowest BCUT2D eigenvalue weighted by atomic mass is 9.65. The lowest BCUT2D eigenvalue weighted by molar-refractivity contribution is -0.169. The van der Waals surface area contributed by atoms with Crippen LogP contribution in [0, 0.1) is 0 Å². The highest BCUT2D eigenvalue weighted by atomic mass is 19.4. The van der Waals surface area contributed by atoms with Crippen molar-refractivity contribution in [3.8, 4) is 0 Å². The number of H-pyrrole nitrogens is 1. The van der Waals surface area contributed by atoms with Gasteiger partial charge in [0.1, 0.15) is 0 Å². The summed E-state index contributed by atoms with van der Waals surface area (Å²) in [5.41, 5.74) is -5.93. The van der Waals surface area contributed by atoms with Crippen LogP contribution in [0.25, 0.3) is 0 Å². The molecule has 1 aliphatic carbocycles. The minimum Gasteiger partial charge on any atom is -0.479 e. The highest BCUT2D eigenvalue weighted by Crippen LogP contribution is 2.43. The largest absolute Gasteiger partial charge is 0.479 e. The molecule has 0 radical (unpaired) electrons. The highest BCUT2D eigenvalue weighted by Gasteiger charge is 2.59. The van der Waals surface area contributed by atoms with Gasteiger partial charge in [-0.1, -0.05) is 6.92 Å². The number of carboxylic acids is 1. The molecule has 2 rings (SSSR count). The summed E-state index contributed by atoms with van der Waals surface area (Å²) in [6, 6.07) is 0. The average molecular weight is 335 g/mol. The molecule has 0 spiro atoms. The number of hydrogen-bond acceptors (Lipinski definition) is 4. The van der Waals surface area contributed by atoms with Gasteiger partial charge in [-0.3, -0.25) is 9.89 Å². The summed E-state index contributed by atoms with van der Waals surface area (Å²) in [6.45, 7) is 1.44. The second-order valence-corrected chi connectivity index (χ2v) is 5.56. The van der Waals surface area contributed by atoms with Crippen molar-refractivity contribution in [1.82, 2.24) is 15.5 Å². The summed E-state index contributed by atoms with van der Waals surface area (Å²) in [5.74, 6) is -2.75. The summed E-state index contributed by atoms with van der Waals surface area (Å²) in [4.78, 5) is 23.9. The van der Waals surface area contributed by atoms with Gasteiger partial charge in [-0.25, -0.2) is 4.79 Å². The lowest BCUT2D eigenvalue weighted by Crippen LogP contribution is -2.71. The Morgan fingerprint density at radius 2 is 2.04 bits per heavy atom. The van der Waals surface area contributed by atoms with Gasteiger partial charge in [-0.05, 0) is 25.7 Å². The number of alkyl halides is 3. The number of aromatic amines is 1. The molecule has 10 heteroatoms. The summed E-state index contributed by atoms with van der Waals surface area (Å²) in [6.07, 6.45) is -3.49. The molecule has 1 saturated carbocycles. The van der Waals surface area contributed by atoms with Crippen LogP contribution in [-0.2, 0) is 11.0 Å². The van der Waals surface area contributed by atoms with Crippen LogP contribution in [0.5, 0.6) is 0 Å². The Balaban J connectivity index is 2.36. The first kappa shape index (κ1) is 17.3. The highest BCUT2D eigenvalue weighted by molar-refractivity contribution is 5.99. The number of aliphatic carboxylic acids is 1. The van der Waals surface area contributed by atoms with E-state index in [1.54, 1.807) is 5.10 Å². The first-order chi connectivity index (χ1) is 10.6. The average Bonchev–Trinajstić information content (AvgIpc) is 2.91. The molecule has 1 aliphatic rings. The maximum atomic E-state index is 12.8. The predicted octanol–water partition coefficient (Wildman–Crippen LogP) is 1.31. The van der Waals surface area contributed by atoms with Gasteiger partial charge in [0.2, 0.25) is 0 Å². The van der Waals surface area contributed by atoms with Crippen LogP contribution in [0.3, 0.4) is 0 Å². The van der Waals surface area contributed by atoms with E-state index in [1.807, 2.05) is 0 Å². The Bertz CT molecular complexity index is 624. The van der Waals surface area contributed by atoms with Crippen LogP contribution in [-0.4, -0.2) is 43.4 Å². The third kappa shape index (κ3) is 2.67. The maximum absolute atomic E-state index is 12.8. The molecular formula is C13H16F3N3O4.